The highest BCUT2D eigenvalue weighted by molar-refractivity contribution is 5.80. The van der Waals surface area contributed by atoms with Crippen LogP contribution in [0.1, 0.15) is 35.6 Å². The zero-order chi connectivity index (χ0) is 23.3. The van der Waals surface area contributed by atoms with E-state index in [4.69, 9.17) is 9.47 Å². The number of alkyl halides is 3. The molecule has 0 aromatic heterocycles. The van der Waals surface area contributed by atoms with Crippen LogP contribution in [-0.4, -0.2) is 44.0 Å². The number of nitrogens with one attached hydrogen (secondary N) is 1. The topological polar surface area (TPSA) is 67.9 Å². The lowest BCUT2D eigenvalue weighted by atomic mass is 10.0. The van der Waals surface area contributed by atoms with E-state index >= 15 is 0 Å². The van der Waals surface area contributed by atoms with Gasteiger partial charge in [0.25, 0.3) is 0 Å². The number of rotatable bonds is 8. The standard InChI is InChI=1S/C23H25F3N2O4/c1-31-18-9-8-16(20(13-18)32-2)12-21(29)27-19(14-28-10-4-7-22(28)30)15-5-3-6-17(11-15)23(24,25)26/h3,5-6,8-9,11,13,19H,4,7,10,12,14H2,1-2H3,(H,27,29). The predicted octanol–water partition coefficient (Wildman–Crippen LogP) is 3.75. The van der Waals surface area contributed by atoms with Crippen molar-refractivity contribution in [2.24, 2.45) is 0 Å². The van der Waals surface area contributed by atoms with Gasteiger partial charge in [-0.25, -0.2) is 0 Å². The molecule has 1 fully saturated rings. The zero-order valence-electron chi connectivity index (χ0n) is 17.9. The largest absolute Gasteiger partial charge is 0.497 e. The number of benzene rings is 2. The summed E-state index contributed by atoms with van der Waals surface area (Å²) in [5.74, 6) is 0.556. The third kappa shape index (κ3) is 5.72. The lowest BCUT2D eigenvalue weighted by Crippen LogP contribution is -2.39. The van der Waals surface area contributed by atoms with Gasteiger partial charge in [-0.2, -0.15) is 13.2 Å². The van der Waals surface area contributed by atoms with Crippen molar-refractivity contribution in [1.29, 1.82) is 0 Å². The van der Waals surface area contributed by atoms with E-state index in [9.17, 15) is 22.8 Å². The average Bonchev–Trinajstić information content (AvgIpc) is 3.17. The van der Waals surface area contributed by atoms with Crippen molar-refractivity contribution in [3.8, 4) is 11.5 Å². The SMILES string of the molecule is COc1ccc(CC(=O)NC(CN2CCCC2=O)c2cccc(C(F)(F)F)c2)c(OC)c1. The smallest absolute Gasteiger partial charge is 0.416 e. The molecule has 172 valence electrons. The molecule has 0 bridgehead atoms. The fraction of sp³-hybridized carbons (Fsp3) is 0.391. The number of nitrogens with zero attached hydrogens (tertiary/aromatic N) is 1. The van der Waals surface area contributed by atoms with Gasteiger partial charge < -0.3 is 19.7 Å². The summed E-state index contributed by atoms with van der Waals surface area (Å²) in [6.07, 6.45) is -3.47. The Kier molecular flexibility index (Phi) is 7.27. The Labute approximate surface area is 184 Å². The van der Waals surface area contributed by atoms with Gasteiger partial charge in [-0.15, -0.1) is 0 Å². The molecule has 0 saturated carbocycles. The first-order valence-electron chi connectivity index (χ1n) is 10.2. The summed E-state index contributed by atoms with van der Waals surface area (Å²) < 4.78 is 50.1. The van der Waals surface area contributed by atoms with E-state index in [0.29, 0.717) is 36.4 Å². The maximum absolute atomic E-state index is 13.2. The molecule has 1 saturated heterocycles. The van der Waals surface area contributed by atoms with Gasteiger partial charge in [0.05, 0.1) is 32.2 Å². The number of halogens is 3. The Morgan fingerprint density at radius 2 is 1.94 bits per heavy atom. The molecule has 32 heavy (non-hydrogen) atoms. The summed E-state index contributed by atoms with van der Waals surface area (Å²) >= 11 is 0. The van der Waals surface area contributed by atoms with Crippen LogP contribution < -0.4 is 14.8 Å². The van der Waals surface area contributed by atoms with E-state index in [0.717, 1.165) is 12.1 Å². The van der Waals surface area contributed by atoms with Crippen LogP contribution in [0.2, 0.25) is 0 Å². The van der Waals surface area contributed by atoms with Gasteiger partial charge >= 0.3 is 6.18 Å². The van der Waals surface area contributed by atoms with E-state index in [1.54, 1.807) is 23.1 Å². The monoisotopic (exact) mass is 450 g/mol. The second kappa shape index (κ2) is 9.93. The van der Waals surface area contributed by atoms with Crippen molar-refractivity contribution in [1.82, 2.24) is 10.2 Å². The highest BCUT2D eigenvalue weighted by Gasteiger charge is 2.32. The number of carbonyl (C=O) groups excluding carboxylic acids is 2. The molecule has 2 amide bonds. The first-order chi connectivity index (χ1) is 15.2. The lowest BCUT2D eigenvalue weighted by molar-refractivity contribution is -0.137. The average molecular weight is 450 g/mol. The Hall–Kier alpha value is -3.23. The third-order valence-corrected chi connectivity index (χ3v) is 5.37. The Morgan fingerprint density at radius 1 is 1.16 bits per heavy atom. The summed E-state index contributed by atoms with van der Waals surface area (Å²) in [4.78, 5) is 26.5. The van der Waals surface area contributed by atoms with E-state index < -0.39 is 23.7 Å². The Balaban J connectivity index is 1.82. The van der Waals surface area contributed by atoms with Crippen LogP contribution in [-0.2, 0) is 22.2 Å². The molecule has 2 aromatic carbocycles. The van der Waals surface area contributed by atoms with Gasteiger partial charge in [0.1, 0.15) is 11.5 Å². The molecule has 1 unspecified atom stereocenters. The van der Waals surface area contributed by atoms with Crippen LogP contribution in [0, 0.1) is 0 Å². The molecule has 2 aromatic rings. The van der Waals surface area contributed by atoms with E-state index in [1.807, 2.05) is 0 Å². The van der Waals surface area contributed by atoms with Gasteiger partial charge in [-0.3, -0.25) is 9.59 Å². The Bertz CT molecular complexity index is 978. The number of ether oxygens (including phenoxy) is 2. The van der Waals surface area contributed by atoms with Crippen LogP contribution >= 0.6 is 0 Å². The summed E-state index contributed by atoms with van der Waals surface area (Å²) in [6, 6.07) is 9.07. The molecule has 1 aliphatic rings. The summed E-state index contributed by atoms with van der Waals surface area (Å²) in [5, 5.41) is 2.80. The summed E-state index contributed by atoms with van der Waals surface area (Å²) in [7, 11) is 2.99. The fourth-order valence-electron chi connectivity index (χ4n) is 3.70. The fourth-order valence-corrected chi connectivity index (χ4v) is 3.70. The molecule has 1 atom stereocenters. The molecule has 0 radical (unpaired) electrons. The van der Waals surface area contributed by atoms with Gasteiger partial charge in [0.2, 0.25) is 11.8 Å². The summed E-state index contributed by atoms with van der Waals surface area (Å²) in [5.41, 5.74) is 0.0826. The van der Waals surface area contributed by atoms with Crippen LogP contribution in [0.4, 0.5) is 13.2 Å². The number of hydrogen-bond donors (Lipinski definition) is 1. The van der Waals surface area contributed by atoms with Crippen molar-refractivity contribution in [3.05, 3.63) is 59.2 Å². The maximum atomic E-state index is 13.2. The number of carbonyl (C=O) groups is 2. The van der Waals surface area contributed by atoms with Gasteiger partial charge in [0.15, 0.2) is 0 Å². The van der Waals surface area contributed by atoms with Crippen molar-refractivity contribution in [3.63, 3.8) is 0 Å². The Morgan fingerprint density at radius 3 is 2.56 bits per heavy atom. The quantitative estimate of drug-likeness (QED) is 0.665. The van der Waals surface area contributed by atoms with Gasteiger partial charge in [0, 0.05) is 31.1 Å². The van der Waals surface area contributed by atoms with Crippen molar-refractivity contribution in [2.45, 2.75) is 31.5 Å². The number of methoxy groups -OCH3 is 2. The minimum Gasteiger partial charge on any atom is -0.497 e. The number of likely N-dealkylation sites (tertiary alicyclic amines) is 1. The van der Waals surface area contributed by atoms with Gasteiger partial charge in [-0.1, -0.05) is 18.2 Å². The molecule has 1 N–H and O–H groups in total. The molecule has 0 spiro atoms. The van der Waals surface area contributed by atoms with Crippen LogP contribution in [0.3, 0.4) is 0 Å². The first kappa shape index (κ1) is 23.4. The minimum absolute atomic E-state index is 0.0451. The zero-order valence-corrected chi connectivity index (χ0v) is 17.9. The molecule has 0 aliphatic carbocycles. The third-order valence-electron chi connectivity index (χ3n) is 5.37. The first-order valence-corrected chi connectivity index (χ1v) is 10.2. The van der Waals surface area contributed by atoms with Crippen molar-refractivity contribution >= 4 is 11.8 Å². The molecule has 1 heterocycles. The van der Waals surface area contributed by atoms with E-state index in [2.05, 4.69) is 5.32 Å². The molecular formula is C23H25F3N2O4. The second-order valence-corrected chi connectivity index (χ2v) is 7.54. The highest BCUT2D eigenvalue weighted by Crippen LogP contribution is 2.31. The molecule has 6 nitrogen and oxygen atoms in total. The van der Waals surface area contributed by atoms with Crippen LogP contribution in [0.15, 0.2) is 42.5 Å². The molecule has 3 rings (SSSR count). The number of hydrogen-bond acceptors (Lipinski definition) is 4. The molecular weight excluding hydrogens is 425 g/mol. The number of amides is 2. The van der Waals surface area contributed by atoms with Crippen molar-refractivity contribution < 1.29 is 32.2 Å². The van der Waals surface area contributed by atoms with Crippen LogP contribution in [0.25, 0.3) is 0 Å². The maximum Gasteiger partial charge on any atom is 0.416 e. The van der Waals surface area contributed by atoms with Crippen molar-refractivity contribution in [2.75, 3.05) is 27.3 Å². The lowest BCUT2D eigenvalue weighted by Gasteiger charge is -2.26. The van der Waals surface area contributed by atoms with E-state index in [1.165, 1.54) is 26.4 Å². The molecule has 9 heteroatoms. The minimum atomic E-state index is -4.51. The molecule has 1 aliphatic heterocycles. The second-order valence-electron chi connectivity index (χ2n) is 7.54. The predicted molar refractivity (Wildman–Crippen MR) is 111 cm³/mol. The van der Waals surface area contributed by atoms with Gasteiger partial charge in [-0.05, 0) is 30.2 Å². The normalized spacial score (nSPS) is 14.9. The highest BCUT2D eigenvalue weighted by atomic mass is 19.4. The summed E-state index contributed by atoms with van der Waals surface area (Å²) in [6.45, 7) is 0.613. The van der Waals surface area contributed by atoms with E-state index in [-0.39, 0.29) is 24.4 Å². The van der Waals surface area contributed by atoms with Crippen LogP contribution in [0.5, 0.6) is 11.5 Å².